The van der Waals surface area contributed by atoms with Crippen molar-refractivity contribution < 1.29 is 13.5 Å². The van der Waals surface area contributed by atoms with Gasteiger partial charge in [-0.05, 0) is 84.9 Å². The molecule has 1 unspecified atom stereocenters. The quantitative estimate of drug-likeness (QED) is 0.266. The van der Waals surface area contributed by atoms with E-state index in [1.165, 1.54) is 12.1 Å². The standard InChI is InChI=1S/C31H31ClF2N2O2/c1-2-29(35)31(21-13-22(33)15-23(34)14-21)10-8-24(9-11-31)38-28-17-25-20(12-19-6-4-3-5-7-19)18-36-30(37)26(25)16-27(28)32/h3-7,13-18,24,29H,2,8-12,35H2,1H3,(H,36,37). The third-order valence-electron chi connectivity index (χ3n) is 7.98. The molecule has 1 aromatic heterocycles. The second-order valence-corrected chi connectivity index (χ2v) is 10.7. The number of nitrogens with one attached hydrogen (secondary N) is 1. The first kappa shape index (κ1) is 26.4. The summed E-state index contributed by atoms with van der Waals surface area (Å²) >= 11 is 6.59. The van der Waals surface area contributed by atoms with E-state index in [-0.39, 0.29) is 17.7 Å². The van der Waals surface area contributed by atoms with E-state index in [1.807, 2.05) is 43.3 Å². The van der Waals surface area contributed by atoms with Crippen molar-refractivity contribution in [3.05, 3.63) is 111 Å². The monoisotopic (exact) mass is 536 g/mol. The largest absolute Gasteiger partial charge is 0.489 e. The minimum absolute atomic E-state index is 0.139. The second-order valence-electron chi connectivity index (χ2n) is 10.3. The first-order valence-corrected chi connectivity index (χ1v) is 13.4. The summed E-state index contributed by atoms with van der Waals surface area (Å²) < 4.78 is 34.6. The van der Waals surface area contributed by atoms with Gasteiger partial charge >= 0.3 is 0 Å². The molecule has 4 aromatic rings. The number of aromatic amines is 1. The van der Waals surface area contributed by atoms with Crippen molar-refractivity contribution in [1.82, 2.24) is 4.98 Å². The number of H-pyrrole nitrogens is 1. The molecule has 0 aliphatic heterocycles. The topological polar surface area (TPSA) is 68.1 Å². The van der Waals surface area contributed by atoms with Crippen LogP contribution in [0.3, 0.4) is 0 Å². The number of ether oxygens (including phenoxy) is 1. The third kappa shape index (κ3) is 5.20. The lowest BCUT2D eigenvalue weighted by Crippen LogP contribution is -2.49. The Hall–Kier alpha value is -3.22. The van der Waals surface area contributed by atoms with Gasteiger partial charge in [0, 0.05) is 29.1 Å². The Morgan fingerprint density at radius 1 is 1.05 bits per heavy atom. The van der Waals surface area contributed by atoms with Crippen LogP contribution in [0.5, 0.6) is 5.75 Å². The normalized spacial score (nSPS) is 20.4. The molecule has 1 saturated carbocycles. The SMILES string of the molecule is CCC(N)C1(c2cc(F)cc(F)c2)CCC(Oc2cc3c(Cc4ccccc4)c[nH]c(=O)c3cc2Cl)CC1. The van der Waals surface area contributed by atoms with Gasteiger partial charge in [0.1, 0.15) is 17.4 Å². The van der Waals surface area contributed by atoms with Crippen molar-refractivity contribution in [1.29, 1.82) is 0 Å². The van der Waals surface area contributed by atoms with Gasteiger partial charge in [0.15, 0.2) is 0 Å². The summed E-state index contributed by atoms with van der Waals surface area (Å²) in [5.41, 5.74) is 8.53. The Labute approximate surface area is 225 Å². The molecule has 7 heteroatoms. The summed E-state index contributed by atoms with van der Waals surface area (Å²) in [7, 11) is 0. The maximum Gasteiger partial charge on any atom is 0.255 e. The second kappa shape index (κ2) is 10.9. The van der Waals surface area contributed by atoms with E-state index in [2.05, 4.69) is 4.98 Å². The molecule has 1 aliphatic carbocycles. The summed E-state index contributed by atoms with van der Waals surface area (Å²) in [6.07, 6.45) is 5.55. The van der Waals surface area contributed by atoms with Gasteiger partial charge in [0.25, 0.3) is 5.56 Å². The summed E-state index contributed by atoms with van der Waals surface area (Å²) in [4.78, 5) is 15.4. The minimum Gasteiger partial charge on any atom is -0.489 e. The molecule has 3 N–H and O–H groups in total. The number of rotatable bonds is 7. The van der Waals surface area contributed by atoms with Gasteiger partial charge in [-0.3, -0.25) is 4.79 Å². The predicted octanol–water partition coefficient (Wildman–Crippen LogP) is 7.05. The maximum absolute atomic E-state index is 14.1. The van der Waals surface area contributed by atoms with Gasteiger partial charge in [-0.15, -0.1) is 0 Å². The Balaban J connectivity index is 1.41. The highest BCUT2D eigenvalue weighted by atomic mass is 35.5. The molecule has 38 heavy (non-hydrogen) atoms. The minimum atomic E-state index is -0.592. The molecule has 0 radical (unpaired) electrons. The van der Waals surface area contributed by atoms with E-state index in [4.69, 9.17) is 22.1 Å². The number of pyridine rings is 1. The zero-order chi connectivity index (χ0) is 26.9. The van der Waals surface area contributed by atoms with Crippen LogP contribution in [0.25, 0.3) is 10.8 Å². The smallest absolute Gasteiger partial charge is 0.255 e. The maximum atomic E-state index is 14.1. The van der Waals surface area contributed by atoms with E-state index in [0.29, 0.717) is 60.2 Å². The summed E-state index contributed by atoms with van der Waals surface area (Å²) in [6.45, 7) is 1.99. The van der Waals surface area contributed by atoms with Crippen molar-refractivity contribution in [2.45, 2.75) is 63.0 Å². The average molecular weight is 537 g/mol. The molecular formula is C31H31ClF2N2O2. The van der Waals surface area contributed by atoms with E-state index >= 15 is 0 Å². The molecule has 1 atom stereocenters. The van der Waals surface area contributed by atoms with Gasteiger partial charge < -0.3 is 15.5 Å². The highest BCUT2D eigenvalue weighted by Crippen LogP contribution is 2.44. The number of halogens is 3. The highest BCUT2D eigenvalue weighted by Gasteiger charge is 2.42. The summed E-state index contributed by atoms with van der Waals surface area (Å²) in [6, 6.07) is 17.0. The Bertz CT molecular complexity index is 1480. The van der Waals surface area contributed by atoms with Crippen LogP contribution in [-0.2, 0) is 11.8 Å². The third-order valence-corrected chi connectivity index (χ3v) is 8.28. The van der Waals surface area contributed by atoms with Crippen LogP contribution in [0.4, 0.5) is 8.78 Å². The van der Waals surface area contributed by atoms with Crippen LogP contribution in [-0.4, -0.2) is 17.1 Å². The molecule has 1 aliphatic rings. The highest BCUT2D eigenvalue weighted by molar-refractivity contribution is 6.32. The van der Waals surface area contributed by atoms with Gasteiger partial charge in [-0.25, -0.2) is 8.78 Å². The van der Waals surface area contributed by atoms with Crippen molar-refractivity contribution >= 4 is 22.4 Å². The number of nitrogens with two attached hydrogens (primary N) is 1. The van der Waals surface area contributed by atoms with Crippen molar-refractivity contribution in [3.8, 4) is 5.75 Å². The number of benzene rings is 3. The molecule has 198 valence electrons. The molecule has 5 rings (SSSR count). The van der Waals surface area contributed by atoms with Crippen molar-refractivity contribution in [2.75, 3.05) is 0 Å². The Morgan fingerprint density at radius 2 is 1.74 bits per heavy atom. The lowest BCUT2D eigenvalue weighted by atomic mass is 9.64. The number of hydrogen-bond acceptors (Lipinski definition) is 3. The molecule has 0 saturated heterocycles. The van der Waals surface area contributed by atoms with E-state index in [9.17, 15) is 13.6 Å². The molecule has 1 fully saturated rings. The van der Waals surface area contributed by atoms with Crippen LogP contribution < -0.4 is 16.0 Å². The van der Waals surface area contributed by atoms with Crippen LogP contribution >= 0.6 is 11.6 Å². The van der Waals surface area contributed by atoms with Gasteiger partial charge in [0.2, 0.25) is 0 Å². The van der Waals surface area contributed by atoms with Crippen LogP contribution in [0, 0.1) is 11.6 Å². The zero-order valence-corrected chi connectivity index (χ0v) is 22.0. The molecule has 0 bridgehead atoms. The number of aromatic nitrogens is 1. The van der Waals surface area contributed by atoms with E-state index in [0.717, 1.165) is 22.6 Å². The Morgan fingerprint density at radius 3 is 2.39 bits per heavy atom. The van der Waals surface area contributed by atoms with Crippen LogP contribution in [0.1, 0.15) is 55.7 Å². The fraction of sp³-hybridized carbons (Fsp3) is 0.323. The van der Waals surface area contributed by atoms with E-state index < -0.39 is 17.0 Å². The summed E-state index contributed by atoms with van der Waals surface area (Å²) in [5, 5.41) is 1.68. The molecule has 4 nitrogen and oxygen atoms in total. The average Bonchev–Trinajstić information content (AvgIpc) is 2.91. The lowest BCUT2D eigenvalue weighted by molar-refractivity contribution is 0.103. The fourth-order valence-electron chi connectivity index (χ4n) is 5.88. The summed E-state index contributed by atoms with van der Waals surface area (Å²) in [5.74, 6) is -0.663. The molecule has 0 amide bonds. The van der Waals surface area contributed by atoms with E-state index in [1.54, 1.807) is 12.3 Å². The van der Waals surface area contributed by atoms with Crippen molar-refractivity contribution in [3.63, 3.8) is 0 Å². The van der Waals surface area contributed by atoms with Crippen LogP contribution in [0.2, 0.25) is 5.02 Å². The molecule has 3 aromatic carbocycles. The van der Waals surface area contributed by atoms with Gasteiger partial charge in [-0.2, -0.15) is 0 Å². The molecule has 1 heterocycles. The first-order valence-electron chi connectivity index (χ1n) is 13.1. The fourth-order valence-corrected chi connectivity index (χ4v) is 6.09. The molecule has 0 spiro atoms. The predicted molar refractivity (Wildman–Crippen MR) is 148 cm³/mol. The van der Waals surface area contributed by atoms with Crippen molar-refractivity contribution in [2.24, 2.45) is 5.73 Å². The molecular weight excluding hydrogens is 506 g/mol. The van der Waals surface area contributed by atoms with Gasteiger partial charge in [-0.1, -0.05) is 48.9 Å². The lowest BCUT2D eigenvalue weighted by Gasteiger charge is -2.44. The number of hydrogen-bond donors (Lipinski definition) is 2. The number of fused-ring (bicyclic) bond motifs is 1. The Kier molecular flexibility index (Phi) is 7.55. The van der Waals surface area contributed by atoms with Gasteiger partial charge in [0.05, 0.1) is 11.1 Å². The van der Waals surface area contributed by atoms with Crippen LogP contribution in [0.15, 0.2) is 71.7 Å². The first-order chi connectivity index (χ1) is 18.3. The zero-order valence-electron chi connectivity index (χ0n) is 21.3.